The van der Waals surface area contributed by atoms with Gasteiger partial charge in [0.05, 0.1) is 42.0 Å². The van der Waals surface area contributed by atoms with Crippen molar-refractivity contribution in [3.63, 3.8) is 0 Å². The summed E-state index contributed by atoms with van der Waals surface area (Å²) in [6.07, 6.45) is 4.30. The summed E-state index contributed by atoms with van der Waals surface area (Å²) in [4.78, 5) is 23.5. The Balaban J connectivity index is 1.75. The largest absolute Gasteiger partial charge is 0.487 e. The van der Waals surface area contributed by atoms with Crippen LogP contribution in [0.15, 0.2) is 53.7 Å². The Morgan fingerprint density at radius 1 is 1.23 bits per heavy atom. The van der Waals surface area contributed by atoms with Gasteiger partial charge in [0.2, 0.25) is 0 Å². The smallest absolute Gasteiger partial charge is 0.257 e. The molecule has 0 aromatic carbocycles. The molecule has 0 spiro atoms. The quantitative estimate of drug-likeness (QED) is 0.419. The van der Waals surface area contributed by atoms with Crippen LogP contribution in [0.3, 0.4) is 0 Å². The van der Waals surface area contributed by atoms with Crippen LogP contribution in [-0.4, -0.2) is 44.9 Å². The van der Waals surface area contributed by atoms with Gasteiger partial charge in [-0.15, -0.1) is 5.10 Å². The number of H-pyrrole nitrogens is 1. The molecule has 2 N–H and O–H groups in total. The third-order valence-corrected chi connectivity index (χ3v) is 4.63. The molecule has 0 radical (unpaired) electrons. The van der Waals surface area contributed by atoms with Crippen molar-refractivity contribution in [3.8, 4) is 17.0 Å². The molecule has 160 valence electrons. The Labute approximate surface area is 176 Å². The average Bonchev–Trinajstić information content (AvgIpc) is 3.18. The molecule has 4 aromatic rings. The molecule has 1 atom stereocenters. The third kappa shape index (κ3) is 4.38. The van der Waals surface area contributed by atoms with E-state index in [-0.39, 0.29) is 11.6 Å². The number of ether oxygens (including phenoxy) is 2. The van der Waals surface area contributed by atoms with Crippen LogP contribution < -0.4 is 15.6 Å². The highest BCUT2D eigenvalue weighted by Crippen LogP contribution is 2.27. The molecule has 0 aliphatic heterocycles. The predicted molar refractivity (Wildman–Crippen MR) is 113 cm³/mol. The highest BCUT2D eigenvalue weighted by Gasteiger charge is 2.17. The lowest BCUT2D eigenvalue weighted by Crippen LogP contribution is -2.14. The minimum atomic E-state index is -0.402. The van der Waals surface area contributed by atoms with Crippen LogP contribution in [0.25, 0.3) is 16.9 Å². The van der Waals surface area contributed by atoms with Gasteiger partial charge in [-0.3, -0.25) is 9.78 Å². The Morgan fingerprint density at radius 2 is 2.10 bits per heavy atom. The summed E-state index contributed by atoms with van der Waals surface area (Å²) in [6, 6.07) is 7.85. The van der Waals surface area contributed by atoms with Crippen molar-refractivity contribution < 1.29 is 13.9 Å². The molecule has 0 aliphatic carbocycles. The number of nitrogens with zero attached hydrogens (tertiary/aromatic N) is 4. The first-order chi connectivity index (χ1) is 15.1. The zero-order valence-corrected chi connectivity index (χ0v) is 17.0. The predicted octanol–water partition coefficient (Wildman–Crippen LogP) is 2.82. The summed E-state index contributed by atoms with van der Waals surface area (Å²) >= 11 is 0. The third-order valence-electron chi connectivity index (χ3n) is 4.63. The Hall–Kier alpha value is -3.79. The highest BCUT2D eigenvalue weighted by molar-refractivity contribution is 5.67. The maximum Gasteiger partial charge on any atom is 0.257 e. The molecule has 0 saturated heterocycles. The van der Waals surface area contributed by atoms with Gasteiger partial charge >= 0.3 is 0 Å². The first-order valence-corrected chi connectivity index (χ1v) is 9.63. The number of halogens is 1. The number of pyridine rings is 2. The molecule has 0 fully saturated rings. The second kappa shape index (κ2) is 8.92. The monoisotopic (exact) mass is 424 g/mol. The van der Waals surface area contributed by atoms with Crippen molar-refractivity contribution >= 4 is 11.5 Å². The normalized spacial score (nSPS) is 12.1. The van der Waals surface area contributed by atoms with Gasteiger partial charge in [0.1, 0.15) is 12.4 Å². The molecule has 31 heavy (non-hydrogen) atoms. The standard InChI is InChI=1S/C21H21FN6O3/c1-13(16-6-5-14(22)11-24-16)26-19-10-18(31-9-8-30-2)20-25-12-17(28(20)27-19)15-4-3-7-23-21(15)29/h3-7,10-13H,8-9H2,1-2H3,(H,23,29)(H,26,27)/t13-/m0/s1. The summed E-state index contributed by atoms with van der Waals surface area (Å²) in [5, 5.41) is 7.84. The first kappa shape index (κ1) is 20.5. The van der Waals surface area contributed by atoms with Crippen molar-refractivity contribution in [2.75, 3.05) is 25.6 Å². The lowest BCUT2D eigenvalue weighted by molar-refractivity contribution is 0.147. The molecular weight excluding hydrogens is 403 g/mol. The van der Waals surface area contributed by atoms with Crippen LogP contribution in [0.1, 0.15) is 18.7 Å². The minimum absolute atomic E-state index is 0.254. The van der Waals surface area contributed by atoms with Crippen LogP contribution >= 0.6 is 0 Å². The Kier molecular flexibility index (Phi) is 5.89. The van der Waals surface area contributed by atoms with Crippen molar-refractivity contribution in [1.82, 2.24) is 24.6 Å². The molecule has 0 amide bonds. The van der Waals surface area contributed by atoms with E-state index >= 15 is 0 Å². The van der Waals surface area contributed by atoms with Gasteiger partial charge in [0.15, 0.2) is 17.2 Å². The SMILES string of the molecule is COCCOc1cc(N[C@@H](C)c2ccc(F)cn2)nn2c(-c3ccc[nH]c3=O)cnc12. The van der Waals surface area contributed by atoms with Crippen molar-refractivity contribution in [3.05, 3.63) is 70.8 Å². The zero-order valence-electron chi connectivity index (χ0n) is 17.0. The van der Waals surface area contributed by atoms with E-state index in [4.69, 9.17) is 9.47 Å². The van der Waals surface area contributed by atoms with E-state index in [1.807, 2.05) is 6.92 Å². The molecule has 0 aliphatic rings. The number of anilines is 1. The maximum absolute atomic E-state index is 13.2. The summed E-state index contributed by atoms with van der Waals surface area (Å²) < 4.78 is 25.7. The molecule has 0 unspecified atom stereocenters. The summed E-state index contributed by atoms with van der Waals surface area (Å²) in [6.45, 7) is 2.60. The fourth-order valence-corrected chi connectivity index (χ4v) is 3.10. The van der Waals surface area contributed by atoms with Crippen molar-refractivity contribution in [2.45, 2.75) is 13.0 Å². The molecule has 4 aromatic heterocycles. The zero-order chi connectivity index (χ0) is 21.8. The summed E-state index contributed by atoms with van der Waals surface area (Å²) in [7, 11) is 1.59. The van der Waals surface area contributed by atoms with Crippen LogP contribution in [0.2, 0.25) is 0 Å². The number of hydrogen-bond donors (Lipinski definition) is 2. The van der Waals surface area contributed by atoms with E-state index < -0.39 is 5.82 Å². The van der Waals surface area contributed by atoms with Gasteiger partial charge < -0.3 is 19.8 Å². The molecule has 0 saturated carbocycles. The number of aromatic nitrogens is 5. The maximum atomic E-state index is 13.2. The van der Waals surface area contributed by atoms with Gasteiger partial charge in [-0.2, -0.15) is 0 Å². The number of fused-ring (bicyclic) bond motifs is 1. The molecule has 0 bridgehead atoms. The van der Waals surface area contributed by atoms with Gasteiger partial charge in [-0.1, -0.05) is 0 Å². The lowest BCUT2D eigenvalue weighted by Gasteiger charge is -2.16. The van der Waals surface area contributed by atoms with Crippen LogP contribution in [0.4, 0.5) is 10.2 Å². The highest BCUT2D eigenvalue weighted by atomic mass is 19.1. The van der Waals surface area contributed by atoms with Crippen LogP contribution in [-0.2, 0) is 4.74 Å². The topological polar surface area (TPSA) is 106 Å². The number of methoxy groups -OCH3 is 1. The number of aromatic amines is 1. The molecular formula is C21H21FN6O3. The average molecular weight is 424 g/mol. The second-order valence-electron chi connectivity index (χ2n) is 6.79. The van der Waals surface area contributed by atoms with Gasteiger partial charge in [-0.05, 0) is 31.2 Å². The van der Waals surface area contributed by atoms with E-state index in [9.17, 15) is 9.18 Å². The van der Waals surface area contributed by atoms with Gasteiger partial charge in [0, 0.05) is 19.4 Å². The molecule has 10 heteroatoms. The fraction of sp³-hybridized carbons (Fsp3) is 0.238. The van der Waals surface area contributed by atoms with E-state index in [1.165, 1.54) is 12.3 Å². The molecule has 4 heterocycles. The fourth-order valence-electron chi connectivity index (χ4n) is 3.10. The van der Waals surface area contributed by atoms with Gasteiger partial charge in [-0.25, -0.2) is 13.9 Å². The van der Waals surface area contributed by atoms with E-state index in [0.717, 1.165) is 0 Å². The first-order valence-electron chi connectivity index (χ1n) is 9.63. The summed E-state index contributed by atoms with van der Waals surface area (Å²) in [5.74, 6) is 0.554. The minimum Gasteiger partial charge on any atom is -0.487 e. The number of nitrogens with one attached hydrogen (secondary N) is 2. The molecule has 9 nitrogen and oxygen atoms in total. The Bertz CT molecular complexity index is 1240. The number of rotatable bonds is 8. The van der Waals surface area contributed by atoms with Gasteiger partial charge in [0.25, 0.3) is 5.56 Å². The van der Waals surface area contributed by atoms with Crippen molar-refractivity contribution in [2.24, 2.45) is 0 Å². The lowest BCUT2D eigenvalue weighted by atomic mass is 10.2. The van der Waals surface area contributed by atoms with E-state index in [2.05, 4.69) is 25.4 Å². The van der Waals surface area contributed by atoms with E-state index in [1.54, 1.807) is 48.3 Å². The number of hydrogen-bond acceptors (Lipinski definition) is 7. The van der Waals surface area contributed by atoms with Crippen molar-refractivity contribution in [1.29, 1.82) is 0 Å². The summed E-state index contributed by atoms with van der Waals surface area (Å²) in [5.41, 5.74) is 1.80. The van der Waals surface area contributed by atoms with Crippen LogP contribution in [0, 0.1) is 5.82 Å². The Morgan fingerprint density at radius 3 is 2.84 bits per heavy atom. The number of imidazole rings is 1. The second-order valence-corrected chi connectivity index (χ2v) is 6.79. The molecule has 4 rings (SSSR count). The van der Waals surface area contributed by atoms with Crippen LogP contribution in [0.5, 0.6) is 5.75 Å². The van der Waals surface area contributed by atoms with E-state index in [0.29, 0.717) is 47.4 Å².